The summed E-state index contributed by atoms with van der Waals surface area (Å²) < 4.78 is 5.20. The second-order valence-corrected chi connectivity index (χ2v) is 4.33. The van der Waals surface area contributed by atoms with Crippen LogP contribution in [-0.4, -0.2) is 44.7 Å². The van der Waals surface area contributed by atoms with Gasteiger partial charge in [-0.25, -0.2) is 4.79 Å². The van der Waals surface area contributed by atoms with Gasteiger partial charge in [-0.15, -0.1) is 0 Å². The van der Waals surface area contributed by atoms with Gasteiger partial charge < -0.3 is 20.3 Å². The van der Waals surface area contributed by atoms with Crippen LogP contribution in [0.4, 0.5) is 4.79 Å². The summed E-state index contributed by atoms with van der Waals surface area (Å²) in [6.45, 7) is 2.23. The fraction of sp³-hybridized carbons (Fsp3) is 0.462. The predicted octanol–water partition coefficient (Wildman–Crippen LogP) is 0.981. The Bertz CT molecular complexity index is 422. The molecule has 0 aromatic heterocycles. The molecule has 1 heterocycles. The summed E-state index contributed by atoms with van der Waals surface area (Å²) in [6, 6.07) is 7.86. The van der Waals surface area contributed by atoms with Crippen molar-refractivity contribution >= 4 is 6.03 Å². The third-order valence-electron chi connectivity index (χ3n) is 3.12. The van der Waals surface area contributed by atoms with Crippen molar-refractivity contribution in [2.45, 2.75) is 6.04 Å². The number of nitrogens with one attached hydrogen (secondary N) is 2. The fourth-order valence-electron chi connectivity index (χ4n) is 2.08. The van der Waals surface area contributed by atoms with Crippen molar-refractivity contribution < 1.29 is 9.53 Å². The van der Waals surface area contributed by atoms with Gasteiger partial charge in [0.05, 0.1) is 13.2 Å². The third kappa shape index (κ3) is 2.73. The van der Waals surface area contributed by atoms with Gasteiger partial charge in [-0.3, -0.25) is 0 Å². The zero-order chi connectivity index (χ0) is 13.0. The number of carbonyl (C=O) groups is 1. The first-order valence-electron chi connectivity index (χ1n) is 6.08. The quantitative estimate of drug-likeness (QED) is 0.818. The molecule has 1 aromatic rings. The minimum atomic E-state index is -0.00179. The molecule has 1 saturated heterocycles. The summed E-state index contributed by atoms with van der Waals surface area (Å²) in [7, 11) is 3.53. The number of ether oxygens (including phenoxy) is 1. The molecule has 1 aliphatic rings. The van der Waals surface area contributed by atoms with E-state index in [9.17, 15) is 4.79 Å². The van der Waals surface area contributed by atoms with Crippen LogP contribution >= 0.6 is 0 Å². The summed E-state index contributed by atoms with van der Waals surface area (Å²) in [5.41, 5.74) is 1.08. The molecular formula is C13H19N3O2. The zero-order valence-corrected chi connectivity index (χ0v) is 10.8. The van der Waals surface area contributed by atoms with Gasteiger partial charge in [0, 0.05) is 19.6 Å². The van der Waals surface area contributed by atoms with Crippen LogP contribution in [0.1, 0.15) is 11.6 Å². The van der Waals surface area contributed by atoms with Crippen molar-refractivity contribution in [3.8, 4) is 5.75 Å². The molecule has 1 unspecified atom stereocenters. The van der Waals surface area contributed by atoms with E-state index in [1.165, 1.54) is 0 Å². The molecule has 1 fully saturated rings. The maximum atomic E-state index is 11.8. The van der Waals surface area contributed by atoms with Crippen LogP contribution in [-0.2, 0) is 0 Å². The first-order chi connectivity index (χ1) is 8.74. The highest BCUT2D eigenvalue weighted by Crippen LogP contribution is 2.23. The number of amides is 2. The van der Waals surface area contributed by atoms with Crippen molar-refractivity contribution in [1.29, 1.82) is 0 Å². The van der Waals surface area contributed by atoms with Gasteiger partial charge in [-0.2, -0.15) is 0 Å². The maximum Gasteiger partial charge on any atom is 0.318 e. The normalized spacial score (nSPS) is 18.9. The molecule has 2 amide bonds. The third-order valence-corrected chi connectivity index (χ3v) is 3.12. The number of hydrogen-bond donors (Lipinski definition) is 2. The first kappa shape index (κ1) is 12.7. The largest absolute Gasteiger partial charge is 0.497 e. The fourth-order valence-corrected chi connectivity index (χ4v) is 2.08. The van der Waals surface area contributed by atoms with E-state index in [0.29, 0.717) is 6.54 Å². The lowest BCUT2D eigenvalue weighted by molar-refractivity contribution is 0.218. The van der Waals surface area contributed by atoms with E-state index in [0.717, 1.165) is 24.4 Å². The predicted molar refractivity (Wildman–Crippen MR) is 69.8 cm³/mol. The first-order valence-corrected chi connectivity index (χ1v) is 6.08. The van der Waals surface area contributed by atoms with Gasteiger partial charge in [-0.1, -0.05) is 12.1 Å². The molecule has 2 N–H and O–H groups in total. The molecule has 2 rings (SSSR count). The minimum absolute atomic E-state index is 0.00179. The number of carbonyl (C=O) groups excluding carboxylic acids is 1. The number of urea groups is 1. The Hall–Kier alpha value is -1.75. The van der Waals surface area contributed by atoms with Gasteiger partial charge in [0.15, 0.2) is 0 Å². The molecule has 1 aromatic carbocycles. The van der Waals surface area contributed by atoms with E-state index < -0.39 is 0 Å². The van der Waals surface area contributed by atoms with Crippen LogP contribution in [0.15, 0.2) is 24.3 Å². The van der Waals surface area contributed by atoms with Crippen LogP contribution in [0.25, 0.3) is 0 Å². The van der Waals surface area contributed by atoms with E-state index in [-0.39, 0.29) is 12.1 Å². The minimum Gasteiger partial charge on any atom is -0.497 e. The molecule has 1 atom stereocenters. The van der Waals surface area contributed by atoms with Crippen molar-refractivity contribution in [3.05, 3.63) is 29.8 Å². The van der Waals surface area contributed by atoms with Crippen LogP contribution < -0.4 is 15.4 Å². The van der Waals surface area contributed by atoms with Gasteiger partial charge >= 0.3 is 6.03 Å². The lowest BCUT2D eigenvalue weighted by Crippen LogP contribution is -2.33. The highest BCUT2D eigenvalue weighted by Gasteiger charge is 2.29. The Labute approximate surface area is 107 Å². The maximum absolute atomic E-state index is 11.8. The van der Waals surface area contributed by atoms with E-state index in [1.54, 1.807) is 7.11 Å². The molecule has 5 nitrogen and oxygen atoms in total. The Morgan fingerprint density at radius 2 is 2.39 bits per heavy atom. The summed E-state index contributed by atoms with van der Waals surface area (Å²) in [4.78, 5) is 13.6. The molecule has 0 bridgehead atoms. The molecule has 0 spiro atoms. The van der Waals surface area contributed by atoms with Crippen molar-refractivity contribution in [2.24, 2.45) is 0 Å². The molecule has 5 heteroatoms. The Morgan fingerprint density at radius 1 is 1.56 bits per heavy atom. The second-order valence-electron chi connectivity index (χ2n) is 4.33. The van der Waals surface area contributed by atoms with E-state index >= 15 is 0 Å². The summed E-state index contributed by atoms with van der Waals surface area (Å²) in [5.74, 6) is 0.815. The summed E-state index contributed by atoms with van der Waals surface area (Å²) in [5, 5.41) is 6.03. The zero-order valence-electron chi connectivity index (χ0n) is 10.8. The molecule has 0 radical (unpaired) electrons. The second kappa shape index (κ2) is 5.73. The van der Waals surface area contributed by atoms with Crippen LogP contribution in [0.5, 0.6) is 5.75 Å². The number of benzene rings is 1. The number of rotatable bonds is 5. The van der Waals surface area contributed by atoms with Crippen molar-refractivity contribution in [1.82, 2.24) is 15.5 Å². The molecule has 0 aliphatic carbocycles. The van der Waals surface area contributed by atoms with E-state index in [2.05, 4.69) is 10.6 Å². The summed E-state index contributed by atoms with van der Waals surface area (Å²) >= 11 is 0. The van der Waals surface area contributed by atoms with Crippen LogP contribution in [0.3, 0.4) is 0 Å². The Morgan fingerprint density at radius 3 is 3.11 bits per heavy atom. The van der Waals surface area contributed by atoms with E-state index in [1.807, 2.05) is 36.2 Å². The van der Waals surface area contributed by atoms with Crippen LogP contribution in [0.2, 0.25) is 0 Å². The smallest absolute Gasteiger partial charge is 0.318 e. The number of nitrogens with zero attached hydrogens (tertiary/aromatic N) is 1. The van der Waals surface area contributed by atoms with Gasteiger partial charge in [0.2, 0.25) is 0 Å². The average molecular weight is 249 g/mol. The number of likely N-dealkylation sites (N-methyl/N-ethyl adjacent to an activating group) is 1. The average Bonchev–Trinajstić information content (AvgIpc) is 2.78. The molecule has 1 aliphatic heterocycles. The number of methoxy groups -OCH3 is 1. The molecule has 18 heavy (non-hydrogen) atoms. The lowest BCUT2D eigenvalue weighted by Gasteiger charge is -2.14. The highest BCUT2D eigenvalue weighted by atomic mass is 16.5. The molecular weight excluding hydrogens is 230 g/mol. The number of hydrogen-bond acceptors (Lipinski definition) is 3. The molecule has 0 saturated carbocycles. The Balaban J connectivity index is 2.04. The van der Waals surface area contributed by atoms with Crippen LogP contribution in [0, 0.1) is 0 Å². The monoisotopic (exact) mass is 249 g/mol. The van der Waals surface area contributed by atoms with E-state index in [4.69, 9.17) is 4.74 Å². The van der Waals surface area contributed by atoms with Gasteiger partial charge in [-0.05, 0) is 24.7 Å². The van der Waals surface area contributed by atoms with Crippen molar-refractivity contribution in [3.63, 3.8) is 0 Å². The standard InChI is InChI=1S/C13H19N3O2/c1-14-6-7-16-9-12(15-13(16)17)10-4-3-5-11(8-10)18-2/h3-5,8,12,14H,6-7,9H2,1-2H3,(H,15,17). The highest BCUT2D eigenvalue weighted by molar-refractivity contribution is 5.77. The SMILES string of the molecule is CNCCN1CC(c2cccc(OC)c2)NC1=O. The Kier molecular flexibility index (Phi) is 4.04. The van der Waals surface area contributed by atoms with Crippen molar-refractivity contribution in [2.75, 3.05) is 33.8 Å². The summed E-state index contributed by atoms with van der Waals surface area (Å²) in [6.07, 6.45) is 0. The van der Waals surface area contributed by atoms with Gasteiger partial charge in [0.1, 0.15) is 5.75 Å². The topological polar surface area (TPSA) is 53.6 Å². The molecule has 98 valence electrons. The lowest BCUT2D eigenvalue weighted by atomic mass is 10.1. The van der Waals surface area contributed by atoms with Gasteiger partial charge in [0.25, 0.3) is 0 Å².